The Balaban J connectivity index is 1.33. The Kier molecular flexibility index (Phi) is 5.91. The molecule has 5 nitrogen and oxygen atoms in total. The number of esters is 1. The molecule has 1 aliphatic rings. The normalized spacial score (nSPS) is 12.9. The third-order valence-corrected chi connectivity index (χ3v) is 4.92. The van der Waals surface area contributed by atoms with Crippen LogP contribution in [0.3, 0.4) is 0 Å². The van der Waals surface area contributed by atoms with Gasteiger partial charge in [-0.2, -0.15) is 5.26 Å². The van der Waals surface area contributed by atoms with Crippen LogP contribution >= 0.6 is 0 Å². The lowest BCUT2D eigenvalue weighted by atomic mass is 10.0. The predicted molar refractivity (Wildman–Crippen MR) is 118 cm³/mol. The van der Waals surface area contributed by atoms with E-state index in [0.29, 0.717) is 22.9 Å². The summed E-state index contributed by atoms with van der Waals surface area (Å²) in [5.41, 5.74) is 3.96. The Labute approximate surface area is 180 Å². The second-order valence-electron chi connectivity index (χ2n) is 7.34. The SMILES string of the molecule is N#Cc1ccc(-c2ccc(OC(=O)C=Cc3ccc(C(=O)NC4CC4)cc3)cc2)cc1. The van der Waals surface area contributed by atoms with E-state index in [1.807, 2.05) is 24.3 Å². The minimum Gasteiger partial charge on any atom is -0.423 e. The molecule has 3 aromatic rings. The number of hydrogen-bond donors (Lipinski definition) is 1. The van der Waals surface area contributed by atoms with Crippen LogP contribution in [-0.2, 0) is 4.79 Å². The molecule has 0 saturated heterocycles. The monoisotopic (exact) mass is 408 g/mol. The van der Waals surface area contributed by atoms with Crippen molar-refractivity contribution in [1.82, 2.24) is 5.32 Å². The van der Waals surface area contributed by atoms with Crippen LogP contribution in [-0.4, -0.2) is 17.9 Å². The average Bonchev–Trinajstić information content (AvgIpc) is 3.62. The summed E-state index contributed by atoms with van der Waals surface area (Å²) in [6.45, 7) is 0. The number of nitriles is 1. The van der Waals surface area contributed by atoms with Gasteiger partial charge in [0.05, 0.1) is 11.6 Å². The molecule has 5 heteroatoms. The quantitative estimate of drug-likeness (QED) is 0.363. The Hall–Kier alpha value is -4.17. The van der Waals surface area contributed by atoms with Crippen molar-refractivity contribution in [2.24, 2.45) is 0 Å². The summed E-state index contributed by atoms with van der Waals surface area (Å²) in [4.78, 5) is 24.1. The minimum absolute atomic E-state index is 0.0677. The molecule has 152 valence electrons. The molecule has 0 heterocycles. The molecule has 0 bridgehead atoms. The van der Waals surface area contributed by atoms with Gasteiger partial charge < -0.3 is 10.1 Å². The third kappa shape index (κ3) is 5.46. The van der Waals surface area contributed by atoms with Crippen LogP contribution < -0.4 is 10.1 Å². The number of rotatable bonds is 6. The second kappa shape index (κ2) is 9.10. The van der Waals surface area contributed by atoms with Crippen LogP contribution in [0.2, 0.25) is 0 Å². The number of ether oxygens (including phenoxy) is 1. The molecule has 0 aliphatic heterocycles. The Bertz CT molecular complexity index is 1150. The molecule has 1 saturated carbocycles. The van der Waals surface area contributed by atoms with Gasteiger partial charge in [0.1, 0.15) is 5.75 Å². The van der Waals surface area contributed by atoms with Crippen LogP contribution in [0.1, 0.15) is 34.3 Å². The van der Waals surface area contributed by atoms with Gasteiger partial charge >= 0.3 is 5.97 Å². The summed E-state index contributed by atoms with van der Waals surface area (Å²) in [7, 11) is 0. The zero-order chi connectivity index (χ0) is 21.6. The predicted octanol–water partition coefficient (Wildman–Crippen LogP) is 4.74. The molecule has 0 atom stereocenters. The number of amides is 1. The average molecular weight is 408 g/mol. The molecule has 31 heavy (non-hydrogen) atoms. The summed E-state index contributed by atoms with van der Waals surface area (Å²) >= 11 is 0. The number of carbonyl (C=O) groups is 2. The van der Waals surface area contributed by atoms with E-state index in [1.165, 1.54) is 6.08 Å². The molecule has 4 rings (SSSR count). The standard InChI is InChI=1S/C26H20N2O3/c27-17-19-3-6-20(7-4-19)21-10-14-24(15-11-21)31-25(29)16-5-18-1-8-22(9-2-18)26(30)28-23-12-13-23/h1-11,14-16,23H,12-13H2,(H,28,30). The Morgan fingerprint density at radius 3 is 2.10 bits per heavy atom. The highest BCUT2D eigenvalue weighted by Crippen LogP contribution is 2.23. The minimum atomic E-state index is -0.485. The highest BCUT2D eigenvalue weighted by molar-refractivity contribution is 5.95. The van der Waals surface area contributed by atoms with E-state index in [0.717, 1.165) is 29.5 Å². The van der Waals surface area contributed by atoms with Crippen molar-refractivity contribution in [3.05, 3.63) is 95.6 Å². The Morgan fingerprint density at radius 1 is 0.903 bits per heavy atom. The first kappa shape index (κ1) is 20.1. The maximum Gasteiger partial charge on any atom is 0.336 e. The lowest BCUT2D eigenvalue weighted by Gasteiger charge is -2.05. The fourth-order valence-electron chi connectivity index (χ4n) is 3.01. The van der Waals surface area contributed by atoms with Crippen molar-refractivity contribution in [3.8, 4) is 22.9 Å². The zero-order valence-electron chi connectivity index (χ0n) is 16.7. The van der Waals surface area contributed by atoms with Gasteiger partial charge in [-0.15, -0.1) is 0 Å². The fraction of sp³-hybridized carbons (Fsp3) is 0.115. The van der Waals surface area contributed by atoms with Crippen molar-refractivity contribution in [1.29, 1.82) is 5.26 Å². The number of nitrogens with one attached hydrogen (secondary N) is 1. The molecule has 1 N–H and O–H groups in total. The largest absolute Gasteiger partial charge is 0.423 e. The first-order chi connectivity index (χ1) is 15.1. The molecular formula is C26H20N2O3. The molecule has 0 spiro atoms. The molecular weight excluding hydrogens is 388 g/mol. The van der Waals surface area contributed by atoms with E-state index in [-0.39, 0.29) is 5.91 Å². The molecule has 3 aromatic carbocycles. The van der Waals surface area contributed by atoms with Crippen LogP contribution in [0, 0.1) is 11.3 Å². The van der Waals surface area contributed by atoms with Crippen molar-refractivity contribution in [3.63, 3.8) is 0 Å². The van der Waals surface area contributed by atoms with Crippen LogP contribution in [0.15, 0.2) is 78.9 Å². The van der Waals surface area contributed by atoms with Crippen molar-refractivity contribution in [2.45, 2.75) is 18.9 Å². The van der Waals surface area contributed by atoms with Gasteiger partial charge in [-0.3, -0.25) is 4.79 Å². The van der Waals surface area contributed by atoms with Crippen LogP contribution in [0.4, 0.5) is 0 Å². The van der Waals surface area contributed by atoms with Crippen LogP contribution in [0.25, 0.3) is 17.2 Å². The number of carbonyl (C=O) groups excluding carboxylic acids is 2. The van der Waals surface area contributed by atoms with Gasteiger partial charge in [-0.25, -0.2) is 4.79 Å². The van der Waals surface area contributed by atoms with Gasteiger partial charge in [0.2, 0.25) is 0 Å². The third-order valence-electron chi connectivity index (χ3n) is 4.92. The van der Waals surface area contributed by atoms with Crippen molar-refractivity contribution >= 4 is 18.0 Å². The lowest BCUT2D eigenvalue weighted by Crippen LogP contribution is -2.25. The molecule has 0 aromatic heterocycles. The van der Waals surface area contributed by atoms with E-state index in [2.05, 4.69) is 11.4 Å². The van der Waals surface area contributed by atoms with E-state index in [9.17, 15) is 9.59 Å². The summed E-state index contributed by atoms with van der Waals surface area (Å²) in [5, 5.41) is 11.8. The second-order valence-corrected chi connectivity index (χ2v) is 7.34. The summed E-state index contributed by atoms with van der Waals surface area (Å²) < 4.78 is 5.34. The van der Waals surface area contributed by atoms with Gasteiger partial charge in [-0.1, -0.05) is 36.4 Å². The first-order valence-electron chi connectivity index (χ1n) is 10.0. The smallest absolute Gasteiger partial charge is 0.336 e. The lowest BCUT2D eigenvalue weighted by molar-refractivity contribution is -0.128. The maximum atomic E-state index is 12.1. The van der Waals surface area contributed by atoms with Gasteiger partial charge in [-0.05, 0) is 72.0 Å². The van der Waals surface area contributed by atoms with Crippen LogP contribution in [0.5, 0.6) is 5.75 Å². The topological polar surface area (TPSA) is 79.2 Å². The van der Waals surface area contributed by atoms with Gasteiger partial charge in [0.15, 0.2) is 0 Å². The van der Waals surface area contributed by atoms with E-state index < -0.39 is 5.97 Å². The molecule has 0 unspecified atom stereocenters. The highest BCUT2D eigenvalue weighted by atomic mass is 16.5. The molecule has 1 aliphatic carbocycles. The summed E-state index contributed by atoms with van der Waals surface area (Å²) in [6, 6.07) is 23.9. The summed E-state index contributed by atoms with van der Waals surface area (Å²) in [6.07, 6.45) is 5.10. The summed E-state index contributed by atoms with van der Waals surface area (Å²) in [5.74, 6) is -0.109. The zero-order valence-corrected chi connectivity index (χ0v) is 16.7. The maximum absolute atomic E-state index is 12.1. The van der Waals surface area contributed by atoms with Crippen molar-refractivity contribution < 1.29 is 14.3 Å². The molecule has 1 amide bonds. The fourth-order valence-corrected chi connectivity index (χ4v) is 3.01. The number of hydrogen-bond acceptors (Lipinski definition) is 4. The first-order valence-corrected chi connectivity index (χ1v) is 10.0. The van der Waals surface area contributed by atoms with Gasteiger partial charge in [0.25, 0.3) is 5.91 Å². The number of nitrogens with zero attached hydrogens (tertiary/aromatic N) is 1. The van der Waals surface area contributed by atoms with E-state index >= 15 is 0 Å². The van der Waals surface area contributed by atoms with E-state index in [4.69, 9.17) is 10.00 Å². The van der Waals surface area contributed by atoms with Crippen molar-refractivity contribution in [2.75, 3.05) is 0 Å². The van der Waals surface area contributed by atoms with Gasteiger partial charge in [0, 0.05) is 17.7 Å². The Morgan fingerprint density at radius 2 is 1.52 bits per heavy atom. The highest BCUT2D eigenvalue weighted by Gasteiger charge is 2.23. The molecule has 1 fully saturated rings. The van der Waals surface area contributed by atoms with E-state index in [1.54, 1.807) is 54.6 Å². The molecule has 0 radical (unpaired) electrons. The number of benzene rings is 3.